The van der Waals surface area contributed by atoms with Gasteiger partial charge in [-0.3, -0.25) is 0 Å². The Morgan fingerprint density at radius 1 is 1.15 bits per heavy atom. The summed E-state index contributed by atoms with van der Waals surface area (Å²) in [5.41, 5.74) is 4.81. The van der Waals surface area contributed by atoms with Gasteiger partial charge in [-0.25, -0.2) is 0 Å². The highest BCUT2D eigenvalue weighted by atomic mass is 15.0. The van der Waals surface area contributed by atoms with Crippen molar-refractivity contribution < 1.29 is 0 Å². The van der Waals surface area contributed by atoms with Crippen molar-refractivity contribution in [3.8, 4) is 0 Å². The lowest BCUT2D eigenvalue weighted by atomic mass is 9.92. The van der Waals surface area contributed by atoms with Gasteiger partial charge in [0.2, 0.25) is 0 Å². The van der Waals surface area contributed by atoms with Crippen LogP contribution in [0.25, 0.3) is 5.57 Å². The van der Waals surface area contributed by atoms with E-state index in [2.05, 4.69) is 67.4 Å². The van der Waals surface area contributed by atoms with Crippen LogP contribution in [0, 0.1) is 5.92 Å². The maximum atomic E-state index is 4.14. The third kappa shape index (κ3) is 2.39. The summed E-state index contributed by atoms with van der Waals surface area (Å²) in [5.74, 6) is 0.490. The first kappa shape index (κ1) is 12.7. The molecule has 1 aliphatic heterocycles. The van der Waals surface area contributed by atoms with Crippen molar-refractivity contribution in [2.75, 3.05) is 0 Å². The summed E-state index contributed by atoms with van der Waals surface area (Å²) in [7, 11) is 0. The van der Waals surface area contributed by atoms with Crippen molar-refractivity contribution in [1.82, 2.24) is 5.32 Å². The molecule has 100 valence electrons. The first-order chi connectivity index (χ1) is 9.75. The van der Waals surface area contributed by atoms with Gasteiger partial charge in [0, 0.05) is 11.6 Å². The summed E-state index contributed by atoms with van der Waals surface area (Å²) >= 11 is 0. The maximum absolute atomic E-state index is 4.14. The zero-order valence-electron chi connectivity index (χ0n) is 11.7. The second-order valence-corrected chi connectivity index (χ2v) is 5.29. The normalized spacial score (nSPS) is 24.1. The quantitative estimate of drug-likeness (QED) is 0.802. The Hall–Kier alpha value is -2.28. The molecule has 1 aliphatic carbocycles. The van der Waals surface area contributed by atoms with E-state index in [1.54, 1.807) is 0 Å². The molecule has 0 saturated carbocycles. The molecular formula is C19H19N. The first-order valence-electron chi connectivity index (χ1n) is 7.00. The van der Waals surface area contributed by atoms with Gasteiger partial charge in [0.25, 0.3) is 0 Å². The van der Waals surface area contributed by atoms with Gasteiger partial charge in [-0.1, -0.05) is 67.3 Å². The van der Waals surface area contributed by atoms with Crippen LogP contribution in [0.4, 0.5) is 0 Å². The van der Waals surface area contributed by atoms with Gasteiger partial charge < -0.3 is 5.32 Å². The Kier molecular flexibility index (Phi) is 3.42. The largest absolute Gasteiger partial charge is 0.378 e. The van der Waals surface area contributed by atoms with Crippen LogP contribution >= 0.6 is 0 Å². The van der Waals surface area contributed by atoms with Crippen molar-refractivity contribution >= 4 is 5.57 Å². The van der Waals surface area contributed by atoms with Crippen LogP contribution in [0.1, 0.15) is 12.5 Å². The van der Waals surface area contributed by atoms with E-state index in [4.69, 9.17) is 0 Å². The zero-order valence-corrected chi connectivity index (χ0v) is 11.7. The minimum absolute atomic E-state index is 0.407. The molecule has 1 N–H and O–H groups in total. The summed E-state index contributed by atoms with van der Waals surface area (Å²) in [6.45, 7) is 6.34. The third-order valence-electron chi connectivity index (χ3n) is 3.98. The predicted molar refractivity (Wildman–Crippen MR) is 86.0 cm³/mol. The number of fused-ring (bicyclic) bond motifs is 1. The highest BCUT2D eigenvalue weighted by Gasteiger charge is 2.28. The highest BCUT2D eigenvalue weighted by molar-refractivity contribution is 5.72. The first-order valence-corrected chi connectivity index (χ1v) is 7.00. The Bertz CT molecular complexity index is 629. The summed E-state index contributed by atoms with van der Waals surface area (Å²) in [6.07, 6.45) is 13.0. The molecule has 1 heterocycles. The monoisotopic (exact) mass is 261 g/mol. The Morgan fingerprint density at radius 3 is 2.65 bits per heavy atom. The number of hydrogen-bond acceptors (Lipinski definition) is 1. The van der Waals surface area contributed by atoms with Gasteiger partial charge in [0.1, 0.15) is 0 Å². The van der Waals surface area contributed by atoms with Gasteiger partial charge in [-0.05, 0) is 29.7 Å². The molecule has 0 spiro atoms. The number of nitrogens with one attached hydrogen (secondary N) is 1. The molecule has 3 rings (SSSR count). The van der Waals surface area contributed by atoms with E-state index in [0.717, 1.165) is 11.1 Å². The molecule has 1 aromatic carbocycles. The third-order valence-corrected chi connectivity index (χ3v) is 3.98. The summed E-state index contributed by atoms with van der Waals surface area (Å²) < 4.78 is 0. The minimum Gasteiger partial charge on any atom is -0.378 e. The van der Waals surface area contributed by atoms with Crippen LogP contribution in [0.2, 0.25) is 0 Å². The van der Waals surface area contributed by atoms with Crippen LogP contribution < -0.4 is 5.32 Å². The van der Waals surface area contributed by atoms with E-state index in [9.17, 15) is 0 Å². The molecular weight excluding hydrogens is 242 g/mol. The van der Waals surface area contributed by atoms with Crippen molar-refractivity contribution in [2.24, 2.45) is 5.92 Å². The van der Waals surface area contributed by atoms with Crippen LogP contribution in [0.3, 0.4) is 0 Å². The Balaban J connectivity index is 1.77. The van der Waals surface area contributed by atoms with Crippen molar-refractivity contribution in [3.05, 3.63) is 90.2 Å². The van der Waals surface area contributed by atoms with E-state index < -0.39 is 0 Å². The summed E-state index contributed by atoms with van der Waals surface area (Å²) in [5, 5.41) is 3.56. The fourth-order valence-electron chi connectivity index (χ4n) is 2.74. The molecule has 2 aliphatic rings. The molecule has 0 saturated heterocycles. The number of hydrogen-bond donors (Lipinski definition) is 1. The molecule has 2 atom stereocenters. The van der Waals surface area contributed by atoms with Crippen LogP contribution in [-0.4, -0.2) is 6.04 Å². The van der Waals surface area contributed by atoms with E-state index in [1.807, 2.05) is 18.2 Å². The van der Waals surface area contributed by atoms with Gasteiger partial charge in [-0.2, -0.15) is 0 Å². The average Bonchev–Trinajstić information content (AvgIpc) is 2.83. The van der Waals surface area contributed by atoms with Crippen molar-refractivity contribution in [1.29, 1.82) is 0 Å². The van der Waals surface area contributed by atoms with E-state index in [0.29, 0.717) is 12.0 Å². The Labute approximate surface area is 120 Å². The van der Waals surface area contributed by atoms with Crippen molar-refractivity contribution in [3.63, 3.8) is 0 Å². The molecule has 1 aromatic rings. The topological polar surface area (TPSA) is 12.0 Å². The second kappa shape index (κ2) is 5.38. The standard InChI is InChI=1S/C19H19N/c1-14(16-8-4-3-5-9-16)12-13-18-15(2)17-10-6-7-11-19(17)20-18/h3-13,17,19-20H,1H2,2H3/b13-12-. The molecule has 0 amide bonds. The van der Waals surface area contributed by atoms with E-state index in [-0.39, 0.29) is 0 Å². The number of rotatable bonds is 3. The fourth-order valence-corrected chi connectivity index (χ4v) is 2.74. The minimum atomic E-state index is 0.407. The molecule has 2 unspecified atom stereocenters. The Morgan fingerprint density at radius 2 is 1.90 bits per heavy atom. The molecule has 20 heavy (non-hydrogen) atoms. The van der Waals surface area contributed by atoms with Gasteiger partial charge in [-0.15, -0.1) is 0 Å². The lowest BCUT2D eigenvalue weighted by Gasteiger charge is -2.16. The molecule has 1 nitrogen and oxygen atoms in total. The molecule has 1 heteroatoms. The summed E-state index contributed by atoms with van der Waals surface area (Å²) in [6, 6.07) is 10.7. The van der Waals surface area contributed by atoms with Crippen LogP contribution in [0.15, 0.2) is 84.6 Å². The van der Waals surface area contributed by atoms with Gasteiger partial charge in [0.15, 0.2) is 0 Å². The second-order valence-electron chi connectivity index (χ2n) is 5.29. The molecule has 0 aromatic heterocycles. The van der Waals surface area contributed by atoms with Gasteiger partial charge in [0.05, 0.1) is 6.04 Å². The zero-order chi connectivity index (χ0) is 13.9. The maximum Gasteiger partial charge on any atom is 0.0548 e. The molecule has 0 bridgehead atoms. The van der Waals surface area contributed by atoms with E-state index >= 15 is 0 Å². The van der Waals surface area contributed by atoms with Crippen molar-refractivity contribution in [2.45, 2.75) is 13.0 Å². The highest BCUT2D eigenvalue weighted by Crippen LogP contribution is 2.30. The lowest BCUT2D eigenvalue weighted by Crippen LogP contribution is -2.26. The number of benzene rings is 1. The average molecular weight is 261 g/mol. The van der Waals surface area contributed by atoms with E-state index in [1.165, 1.54) is 11.3 Å². The summed E-state index contributed by atoms with van der Waals surface area (Å²) in [4.78, 5) is 0. The number of allylic oxidation sites excluding steroid dienone is 5. The molecule has 0 radical (unpaired) electrons. The predicted octanol–water partition coefficient (Wildman–Crippen LogP) is 4.24. The van der Waals surface area contributed by atoms with Crippen LogP contribution in [0.5, 0.6) is 0 Å². The smallest absolute Gasteiger partial charge is 0.0548 e. The lowest BCUT2D eigenvalue weighted by molar-refractivity contribution is 0.628. The molecule has 0 fully saturated rings. The van der Waals surface area contributed by atoms with Gasteiger partial charge >= 0.3 is 0 Å². The SMILES string of the molecule is C=C(/C=C\C1=C(C)C2C=CC=CC2N1)c1ccccc1. The fraction of sp³-hybridized carbons (Fsp3) is 0.158. The van der Waals surface area contributed by atoms with Crippen LogP contribution in [-0.2, 0) is 0 Å².